The molecule has 4 nitrogen and oxygen atoms in total. The monoisotopic (exact) mass is 286 g/mol. The van der Waals surface area contributed by atoms with Gasteiger partial charge in [-0.1, -0.05) is 40.5 Å². The van der Waals surface area contributed by atoms with Crippen molar-refractivity contribution in [2.45, 2.75) is 73.6 Å². The van der Waals surface area contributed by atoms with Gasteiger partial charge in [0.1, 0.15) is 0 Å². The van der Waals surface area contributed by atoms with Gasteiger partial charge in [-0.15, -0.1) is 0 Å². The minimum Gasteiger partial charge on any atom is -0.481 e. The summed E-state index contributed by atoms with van der Waals surface area (Å²) < 4.78 is 0. The third-order valence-electron chi connectivity index (χ3n) is 5.48. The molecule has 20 heavy (non-hydrogen) atoms. The van der Waals surface area contributed by atoms with Crippen LogP contribution < -0.4 is 0 Å². The van der Waals surface area contributed by atoms with Crippen molar-refractivity contribution < 1.29 is 19.8 Å². The Morgan fingerprint density at radius 2 is 1.35 bits per heavy atom. The molecule has 0 aliphatic heterocycles. The Morgan fingerprint density at radius 1 is 0.850 bits per heavy atom. The molecule has 0 aromatic carbocycles. The Kier molecular flexibility index (Phi) is 6.25. The molecule has 118 valence electrons. The standard InChI is InChI=1S/C16H30O4/c1-14(2,11-9-7-8-10-12(17)18)16(5,6)15(3,4)13(19)20/h7-11H2,1-6H3,(H,17,18)(H,19,20). The Bertz CT molecular complexity index is 353. The SMILES string of the molecule is CC(C)(CCCCCC(=O)O)C(C)(C)C(C)(C)C(=O)O. The second kappa shape index (κ2) is 6.59. The highest BCUT2D eigenvalue weighted by atomic mass is 16.4. The van der Waals surface area contributed by atoms with Gasteiger partial charge in [-0.2, -0.15) is 0 Å². The van der Waals surface area contributed by atoms with Crippen molar-refractivity contribution in [3.8, 4) is 0 Å². The molecule has 0 amide bonds. The van der Waals surface area contributed by atoms with Gasteiger partial charge in [-0.05, 0) is 37.5 Å². The number of aliphatic carboxylic acids is 2. The van der Waals surface area contributed by atoms with Crippen LogP contribution in [0.3, 0.4) is 0 Å². The lowest BCUT2D eigenvalue weighted by molar-refractivity contribution is -0.161. The first-order valence-electron chi connectivity index (χ1n) is 7.31. The minimum atomic E-state index is -0.808. The fourth-order valence-corrected chi connectivity index (χ4v) is 2.45. The van der Waals surface area contributed by atoms with Crippen molar-refractivity contribution in [3.63, 3.8) is 0 Å². The molecule has 0 aliphatic carbocycles. The first-order chi connectivity index (χ1) is 8.86. The van der Waals surface area contributed by atoms with Gasteiger partial charge in [0.05, 0.1) is 5.41 Å². The molecule has 0 aromatic rings. The molecule has 2 N–H and O–H groups in total. The number of carbonyl (C=O) groups is 2. The molecule has 0 rings (SSSR count). The van der Waals surface area contributed by atoms with Crippen LogP contribution in [0.4, 0.5) is 0 Å². The van der Waals surface area contributed by atoms with E-state index in [-0.39, 0.29) is 17.3 Å². The third kappa shape index (κ3) is 4.22. The summed E-state index contributed by atoms with van der Waals surface area (Å²) >= 11 is 0. The third-order valence-corrected chi connectivity index (χ3v) is 5.48. The highest BCUT2D eigenvalue weighted by Crippen LogP contribution is 2.53. The zero-order valence-electron chi connectivity index (χ0n) is 13.7. The van der Waals surface area contributed by atoms with Crippen LogP contribution in [0.15, 0.2) is 0 Å². The van der Waals surface area contributed by atoms with E-state index >= 15 is 0 Å². The Balaban J connectivity index is 4.62. The Morgan fingerprint density at radius 3 is 1.75 bits per heavy atom. The zero-order chi connectivity index (χ0) is 16.2. The number of carboxylic acid groups (broad SMARTS) is 2. The van der Waals surface area contributed by atoms with Crippen LogP contribution in [-0.2, 0) is 9.59 Å². The summed E-state index contributed by atoms with van der Waals surface area (Å²) in [5.41, 5.74) is -1.30. The minimum absolute atomic E-state index is 0.127. The number of carboxylic acids is 2. The van der Waals surface area contributed by atoms with Crippen molar-refractivity contribution in [3.05, 3.63) is 0 Å². The van der Waals surface area contributed by atoms with Gasteiger partial charge >= 0.3 is 11.9 Å². The molecule has 0 radical (unpaired) electrons. The Hall–Kier alpha value is -1.06. The van der Waals surface area contributed by atoms with Gasteiger partial charge in [0.25, 0.3) is 0 Å². The van der Waals surface area contributed by atoms with Crippen LogP contribution in [0.1, 0.15) is 73.6 Å². The van der Waals surface area contributed by atoms with Crippen LogP contribution in [0.5, 0.6) is 0 Å². The van der Waals surface area contributed by atoms with Crippen LogP contribution in [-0.4, -0.2) is 22.2 Å². The van der Waals surface area contributed by atoms with E-state index in [0.29, 0.717) is 6.42 Å². The highest BCUT2D eigenvalue weighted by molar-refractivity contribution is 5.74. The second-order valence-electron chi connectivity index (χ2n) is 7.39. The summed E-state index contributed by atoms with van der Waals surface area (Å²) in [7, 11) is 0. The van der Waals surface area contributed by atoms with Gasteiger partial charge in [-0.3, -0.25) is 9.59 Å². The first-order valence-corrected chi connectivity index (χ1v) is 7.31. The quantitative estimate of drug-likeness (QED) is 0.623. The lowest BCUT2D eigenvalue weighted by Crippen LogP contribution is -2.48. The molecule has 0 spiro atoms. The molecule has 0 aromatic heterocycles. The number of hydrogen-bond donors (Lipinski definition) is 2. The van der Waals surface area contributed by atoms with E-state index in [2.05, 4.69) is 13.8 Å². The summed E-state index contributed by atoms with van der Waals surface area (Å²) in [6, 6.07) is 0. The topological polar surface area (TPSA) is 74.6 Å². The maximum Gasteiger partial charge on any atom is 0.309 e. The lowest BCUT2D eigenvalue weighted by atomic mass is 9.53. The average Bonchev–Trinajstić information content (AvgIpc) is 2.27. The van der Waals surface area contributed by atoms with E-state index in [1.807, 2.05) is 13.8 Å². The molecule has 0 bridgehead atoms. The van der Waals surface area contributed by atoms with Crippen LogP contribution in [0, 0.1) is 16.2 Å². The lowest BCUT2D eigenvalue weighted by Gasteiger charge is -2.50. The highest BCUT2D eigenvalue weighted by Gasteiger charge is 2.51. The summed E-state index contributed by atoms with van der Waals surface area (Å²) in [5, 5.41) is 18.1. The molecule has 0 saturated carbocycles. The van der Waals surface area contributed by atoms with Gasteiger partial charge in [-0.25, -0.2) is 0 Å². The van der Waals surface area contributed by atoms with Gasteiger partial charge in [0.2, 0.25) is 0 Å². The maximum absolute atomic E-state index is 11.5. The number of rotatable bonds is 9. The summed E-state index contributed by atoms with van der Waals surface area (Å²) in [6.07, 6.45) is 3.60. The molecule has 0 saturated heterocycles. The van der Waals surface area contributed by atoms with E-state index in [1.54, 1.807) is 13.8 Å². The molecule has 0 fully saturated rings. The van der Waals surface area contributed by atoms with E-state index in [9.17, 15) is 14.7 Å². The zero-order valence-corrected chi connectivity index (χ0v) is 13.7. The predicted molar refractivity (Wildman–Crippen MR) is 79.7 cm³/mol. The number of unbranched alkanes of at least 4 members (excludes halogenated alkanes) is 2. The van der Waals surface area contributed by atoms with Crippen molar-refractivity contribution in [2.24, 2.45) is 16.2 Å². The molecule has 0 aliphatic rings. The molecule has 4 heteroatoms. The summed E-state index contributed by atoms with van der Waals surface area (Å²) in [6.45, 7) is 11.8. The van der Waals surface area contributed by atoms with Crippen molar-refractivity contribution >= 4 is 11.9 Å². The molecular weight excluding hydrogens is 256 g/mol. The van der Waals surface area contributed by atoms with Gasteiger partial charge in [0, 0.05) is 6.42 Å². The number of hydrogen-bond acceptors (Lipinski definition) is 2. The Labute approximate surface area is 122 Å². The van der Waals surface area contributed by atoms with Gasteiger partial charge in [0.15, 0.2) is 0 Å². The van der Waals surface area contributed by atoms with Gasteiger partial charge < -0.3 is 10.2 Å². The largest absolute Gasteiger partial charge is 0.481 e. The van der Waals surface area contributed by atoms with E-state index in [1.165, 1.54) is 0 Å². The smallest absolute Gasteiger partial charge is 0.309 e. The second-order valence-corrected chi connectivity index (χ2v) is 7.39. The summed E-state index contributed by atoms with van der Waals surface area (Å²) in [5.74, 6) is -1.53. The van der Waals surface area contributed by atoms with Crippen LogP contribution in [0.25, 0.3) is 0 Å². The molecule has 0 unspecified atom stereocenters. The normalized spacial score (nSPS) is 13.3. The van der Waals surface area contributed by atoms with Crippen LogP contribution in [0.2, 0.25) is 0 Å². The van der Waals surface area contributed by atoms with Crippen molar-refractivity contribution in [1.29, 1.82) is 0 Å². The van der Waals surface area contributed by atoms with E-state index < -0.39 is 17.4 Å². The molecule has 0 atom stereocenters. The van der Waals surface area contributed by atoms with Crippen molar-refractivity contribution in [1.82, 2.24) is 0 Å². The molecular formula is C16H30O4. The maximum atomic E-state index is 11.5. The summed E-state index contributed by atoms with van der Waals surface area (Å²) in [4.78, 5) is 22.0. The van der Waals surface area contributed by atoms with E-state index in [0.717, 1.165) is 19.3 Å². The fraction of sp³-hybridized carbons (Fsp3) is 0.875. The van der Waals surface area contributed by atoms with E-state index in [4.69, 9.17) is 5.11 Å². The average molecular weight is 286 g/mol. The molecule has 0 heterocycles. The fourth-order valence-electron chi connectivity index (χ4n) is 2.45. The van der Waals surface area contributed by atoms with Crippen molar-refractivity contribution in [2.75, 3.05) is 0 Å². The van der Waals surface area contributed by atoms with Crippen LogP contribution >= 0.6 is 0 Å². The first kappa shape index (κ1) is 18.9. The predicted octanol–water partition coefficient (Wildman–Crippen LogP) is 4.18.